The normalized spacial score (nSPS) is 11.6. The van der Waals surface area contributed by atoms with Gasteiger partial charge in [-0.25, -0.2) is 4.99 Å². The maximum atomic E-state index is 11.6. The number of nitrogens with one attached hydrogen (secondary N) is 3. The minimum Gasteiger partial charge on any atom is -0.357 e. The van der Waals surface area contributed by atoms with Crippen molar-refractivity contribution in [2.24, 2.45) is 4.99 Å². The lowest BCUT2D eigenvalue weighted by atomic mass is 10.2. The van der Waals surface area contributed by atoms with E-state index in [9.17, 15) is 4.79 Å². The van der Waals surface area contributed by atoms with E-state index in [1.807, 2.05) is 13.8 Å². The van der Waals surface area contributed by atoms with Gasteiger partial charge in [-0.2, -0.15) is 0 Å². The molecule has 0 aromatic rings. The highest BCUT2D eigenvalue weighted by atomic mass is 127. The summed E-state index contributed by atoms with van der Waals surface area (Å²) in [6, 6.07) is 1.03. The van der Waals surface area contributed by atoms with E-state index in [-0.39, 0.29) is 36.4 Å². The molecule has 0 spiro atoms. The number of hydrogen-bond acceptors (Lipinski definition) is 3. The Morgan fingerprint density at radius 1 is 1.00 bits per heavy atom. The van der Waals surface area contributed by atoms with Crippen LogP contribution in [0, 0.1) is 0 Å². The molecule has 0 aliphatic rings. The van der Waals surface area contributed by atoms with Gasteiger partial charge < -0.3 is 16.0 Å². The number of carbonyl (C=O) groups excluding carboxylic acids is 1. The van der Waals surface area contributed by atoms with Crippen molar-refractivity contribution in [1.29, 1.82) is 0 Å². The summed E-state index contributed by atoms with van der Waals surface area (Å²) in [4.78, 5) is 18.3. The van der Waals surface area contributed by atoms with E-state index in [0.717, 1.165) is 26.1 Å². The lowest BCUT2D eigenvalue weighted by molar-refractivity contribution is -0.119. The fourth-order valence-corrected chi connectivity index (χ4v) is 2.23. The highest BCUT2D eigenvalue weighted by molar-refractivity contribution is 14.0. The molecule has 0 aliphatic carbocycles. The standard InChI is InChI=1S/C16H35N5O.HI/c1-7-9-18-15(22)12-20-16(17-8-2)19-10-11-21(13(3)4)14(5)6;/h13-14H,7-12H2,1-6H3,(H,18,22)(H2,17,19,20);1H. The number of aliphatic imine (C=N–C) groups is 1. The van der Waals surface area contributed by atoms with Crippen LogP contribution < -0.4 is 16.0 Å². The van der Waals surface area contributed by atoms with E-state index in [4.69, 9.17) is 0 Å². The number of halogens is 1. The first kappa shape index (κ1) is 24.7. The Morgan fingerprint density at radius 3 is 2.09 bits per heavy atom. The summed E-state index contributed by atoms with van der Waals surface area (Å²) in [7, 11) is 0. The van der Waals surface area contributed by atoms with Crippen LogP contribution in [0.1, 0.15) is 48.0 Å². The number of rotatable bonds is 10. The number of guanidine groups is 1. The second-order valence-corrected chi connectivity index (χ2v) is 5.90. The van der Waals surface area contributed by atoms with Gasteiger partial charge in [0.2, 0.25) is 5.91 Å². The molecule has 138 valence electrons. The van der Waals surface area contributed by atoms with E-state index < -0.39 is 0 Å². The summed E-state index contributed by atoms with van der Waals surface area (Å²) in [5.74, 6) is 0.659. The van der Waals surface area contributed by atoms with Gasteiger partial charge in [0.15, 0.2) is 5.96 Å². The molecule has 0 saturated carbocycles. The largest absolute Gasteiger partial charge is 0.357 e. The first-order chi connectivity index (χ1) is 10.4. The molecule has 0 aromatic heterocycles. The van der Waals surface area contributed by atoms with Gasteiger partial charge in [-0.3, -0.25) is 9.69 Å². The number of hydrogen-bond donors (Lipinski definition) is 3. The minimum absolute atomic E-state index is 0. The Morgan fingerprint density at radius 2 is 1.61 bits per heavy atom. The molecule has 1 amide bonds. The lowest BCUT2D eigenvalue weighted by Gasteiger charge is -2.30. The Bertz CT molecular complexity index is 326. The number of nitrogens with zero attached hydrogens (tertiary/aromatic N) is 2. The summed E-state index contributed by atoms with van der Waals surface area (Å²) in [5.41, 5.74) is 0. The van der Waals surface area contributed by atoms with Crippen molar-refractivity contribution in [3.8, 4) is 0 Å². The molecule has 0 rings (SSSR count). The predicted octanol–water partition coefficient (Wildman–Crippen LogP) is 1.80. The van der Waals surface area contributed by atoms with Crippen LogP contribution in [-0.4, -0.2) is 61.6 Å². The Kier molecular flexibility index (Phi) is 16.1. The molecule has 0 atom stereocenters. The third-order valence-electron chi connectivity index (χ3n) is 3.29. The van der Waals surface area contributed by atoms with Crippen molar-refractivity contribution < 1.29 is 4.79 Å². The van der Waals surface area contributed by atoms with Gasteiger partial charge in [-0.1, -0.05) is 6.92 Å². The first-order valence-corrected chi connectivity index (χ1v) is 8.46. The van der Waals surface area contributed by atoms with E-state index in [1.165, 1.54) is 0 Å². The zero-order valence-corrected chi connectivity index (χ0v) is 17.9. The maximum Gasteiger partial charge on any atom is 0.241 e. The van der Waals surface area contributed by atoms with Gasteiger partial charge in [0.05, 0.1) is 0 Å². The van der Waals surface area contributed by atoms with E-state index >= 15 is 0 Å². The highest BCUT2D eigenvalue weighted by Crippen LogP contribution is 2.03. The first-order valence-electron chi connectivity index (χ1n) is 8.46. The molecular weight excluding hydrogens is 405 g/mol. The zero-order valence-electron chi connectivity index (χ0n) is 15.6. The van der Waals surface area contributed by atoms with Crippen LogP contribution in [0.15, 0.2) is 4.99 Å². The third-order valence-corrected chi connectivity index (χ3v) is 3.29. The molecule has 6 nitrogen and oxygen atoms in total. The van der Waals surface area contributed by atoms with E-state index in [0.29, 0.717) is 24.6 Å². The minimum atomic E-state index is -0.0370. The molecule has 23 heavy (non-hydrogen) atoms. The summed E-state index contributed by atoms with van der Waals surface area (Å²) >= 11 is 0. The summed E-state index contributed by atoms with van der Waals surface area (Å²) < 4.78 is 0. The molecule has 3 N–H and O–H groups in total. The molecular formula is C16H36IN5O. The molecule has 0 aliphatic heterocycles. The molecule has 7 heteroatoms. The van der Waals surface area contributed by atoms with Gasteiger partial charge in [0.1, 0.15) is 6.54 Å². The fraction of sp³-hybridized carbons (Fsp3) is 0.875. The van der Waals surface area contributed by atoms with E-state index in [2.05, 4.69) is 53.5 Å². The van der Waals surface area contributed by atoms with Crippen LogP contribution in [0.5, 0.6) is 0 Å². The summed E-state index contributed by atoms with van der Waals surface area (Å²) in [6.45, 7) is 16.3. The van der Waals surface area contributed by atoms with Crippen LogP contribution in [-0.2, 0) is 4.79 Å². The van der Waals surface area contributed by atoms with Crippen LogP contribution in [0.4, 0.5) is 0 Å². The van der Waals surface area contributed by atoms with Crippen molar-refractivity contribution in [2.75, 3.05) is 32.7 Å². The SMILES string of the molecule is CCCNC(=O)CN=C(NCC)NCCN(C(C)C)C(C)C.I. The highest BCUT2D eigenvalue weighted by Gasteiger charge is 2.12. The van der Waals surface area contributed by atoms with Crippen molar-refractivity contribution in [1.82, 2.24) is 20.9 Å². The quantitative estimate of drug-likeness (QED) is 0.275. The zero-order chi connectivity index (χ0) is 17.0. The van der Waals surface area contributed by atoms with Crippen molar-refractivity contribution in [3.05, 3.63) is 0 Å². The summed E-state index contributed by atoms with van der Waals surface area (Å²) in [5, 5.41) is 9.28. The van der Waals surface area contributed by atoms with Crippen LogP contribution >= 0.6 is 24.0 Å². The van der Waals surface area contributed by atoms with Crippen LogP contribution in [0.3, 0.4) is 0 Å². The monoisotopic (exact) mass is 441 g/mol. The van der Waals surface area contributed by atoms with Gasteiger partial charge in [-0.05, 0) is 41.0 Å². The molecule has 0 radical (unpaired) electrons. The second-order valence-electron chi connectivity index (χ2n) is 5.90. The van der Waals surface area contributed by atoms with Crippen LogP contribution in [0.25, 0.3) is 0 Å². The van der Waals surface area contributed by atoms with Gasteiger partial charge in [-0.15, -0.1) is 24.0 Å². The second kappa shape index (κ2) is 15.0. The fourth-order valence-electron chi connectivity index (χ4n) is 2.23. The predicted molar refractivity (Wildman–Crippen MR) is 110 cm³/mol. The van der Waals surface area contributed by atoms with Gasteiger partial charge in [0, 0.05) is 38.3 Å². The molecule has 0 aromatic carbocycles. The molecule has 0 bridgehead atoms. The number of carbonyl (C=O) groups is 1. The Labute approximate surface area is 159 Å². The van der Waals surface area contributed by atoms with Crippen molar-refractivity contribution >= 4 is 35.8 Å². The molecule has 0 saturated heterocycles. The lowest BCUT2D eigenvalue weighted by Crippen LogP contribution is -2.45. The van der Waals surface area contributed by atoms with E-state index in [1.54, 1.807) is 0 Å². The van der Waals surface area contributed by atoms with Crippen molar-refractivity contribution in [2.45, 2.75) is 60.0 Å². The maximum absolute atomic E-state index is 11.6. The topological polar surface area (TPSA) is 68.8 Å². The average molecular weight is 441 g/mol. The Hall–Kier alpha value is -0.570. The molecule has 0 fully saturated rings. The van der Waals surface area contributed by atoms with Gasteiger partial charge in [0.25, 0.3) is 0 Å². The molecule has 0 heterocycles. The summed E-state index contributed by atoms with van der Waals surface area (Å²) in [6.07, 6.45) is 0.939. The smallest absolute Gasteiger partial charge is 0.241 e. The Balaban J connectivity index is 0. The average Bonchev–Trinajstić information content (AvgIpc) is 2.45. The van der Waals surface area contributed by atoms with Crippen LogP contribution in [0.2, 0.25) is 0 Å². The third kappa shape index (κ3) is 12.5. The molecule has 0 unspecified atom stereocenters. The number of amides is 1. The van der Waals surface area contributed by atoms with Gasteiger partial charge >= 0.3 is 0 Å². The van der Waals surface area contributed by atoms with Crippen molar-refractivity contribution in [3.63, 3.8) is 0 Å².